The predicted octanol–water partition coefficient (Wildman–Crippen LogP) is 3.29. The number of hydrogen-bond donors (Lipinski definition) is 2. The highest BCUT2D eigenvalue weighted by atomic mass is 35.5. The van der Waals surface area contributed by atoms with Gasteiger partial charge in [-0.25, -0.2) is 18.2 Å². The van der Waals surface area contributed by atoms with Gasteiger partial charge in [0.15, 0.2) is 13.2 Å². The van der Waals surface area contributed by atoms with E-state index in [-0.39, 0.29) is 41.1 Å². The Bertz CT molecular complexity index is 1010. The van der Waals surface area contributed by atoms with Gasteiger partial charge >= 0.3 is 0 Å². The minimum absolute atomic E-state index is 0.0683. The molecule has 1 aliphatic heterocycles. The minimum atomic E-state index is -1.46. The molecule has 33 heavy (non-hydrogen) atoms. The summed E-state index contributed by atoms with van der Waals surface area (Å²) in [5.41, 5.74) is 2.50. The Labute approximate surface area is 197 Å². The number of halogens is 5. The van der Waals surface area contributed by atoms with Crippen molar-refractivity contribution < 1.29 is 32.2 Å². The zero-order valence-electron chi connectivity index (χ0n) is 17.1. The third-order valence-corrected chi connectivity index (χ3v) is 5.31. The average Bonchev–Trinajstić information content (AvgIpc) is 2.77. The highest BCUT2D eigenvalue weighted by Gasteiger charge is 2.31. The number of rotatable bonds is 8. The molecule has 1 aliphatic rings. The molecular formula is C21H20Cl2F3N3O4. The van der Waals surface area contributed by atoms with Gasteiger partial charge in [-0.05, 0) is 30.7 Å². The molecule has 178 valence electrons. The number of ether oxygens (including phenoxy) is 2. The predicted molar refractivity (Wildman–Crippen MR) is 115 cm³/mol. The van der Waals surface area contributed by atoms with E-state index < -0.39 is 48.9 Å². The van der Waals surface area contributed by atoms with Crippen LogP contribution < -0.4 is 20.2 Å². The summed E-state index contributed by atoms with van der Waals surface area (Å²) in [6, 6.07) is 6.74. The summed E-state index contributed by atoms with van der Waals surface area (Å²) in [6.45, 7) is -0.712. The van der Waals surface area contributed by atoms with Gasteiger partial charge in [-0.2, -0.15) is 0 Å². The molecule has 0 spiro atoms. The number of carbonyl (C=O) groups is 2. The molecule has 0 aromatic heterocycles. The van der Waals surface area contributed by atoms with Crippen molar-refractivity contribution >= 4 is 35.0 Å². The van der Waals surface area contributed by atoms with Crippen molar-refractivity contribution in [3.63, 3.8) is 0 Å². The fourth-order valence-corrected chi connectivity index (χ4v) is 3.29. The molecule has 1 heterocycles. The molecule has 7 nitrogen and oxygen atoms in total. The lowest BCUT2D eigenvalue weighted by Crippen LogP contribution is -2.57. The van der Waals surface area contributed by atoms with Crippen molar-refractivity contribution in [2.24, 2.45) is 0 Å². The maximum absolute atomic E-state index is 14.5. The lowest BCUT2D eigenvalue weighted by atomic mass is 10.0. The van der Waals surface area contributed by atoms with Crippen molar-refractivity contribution in [3.05, 3.63) is 58.1 Å². The highest BCUT2D eigenvalue weighted by Crippen LogP contribution is 2.21. The first kappa shape index (κ1) is 24.9. The molecule has 1 fully saturated rings. The van der Waals surface area contributed by atoms with E-state index in [0.717, 1.165) is 12.1 Å². The molecular weight excluding hydrogens is 486 g/mol. The Morgan fingerprint density at radius 3 is 2.03 bits per heavy atom. The summed E-state index contributed by atoms with van der Waals surface area (Å²) in [7, 11) is 0. The molecule has 2 N–H and O–H groups in total. The second kappa shape index (κ2) is 11.4. The van der Waals surface area contributed by atoms with Gasteiger partial charge in [-0.15, -0.1) is 0 Å². The van der Waals surface area contributed by atoms with Crippen LogP contribution in [0.1, 0.15) is 6.42 Å². The quantitative estimate of drug-likeness (QED) is 0.575. The maximum atomic E-state index is 14.5. The van der Waals surface area contributed by atoms with E-state index in [0.29, 0.717) is 0 Å². The highest BCUT2D eigenvalue weighted by molar-refractivity contribution is 6.31. The number of amides is 2. The molecule has 0 radical (unpaired) electrons. The third-order valence-electron chi connectivity index (χ3n) is 4.69. The molecule has 0 saturated carbocycles. The van der Waals surface area contributed by atoms with E-state index in [9.17, 15) is 22.8 Å². The third kappa shape index (κ3) is 7.41. The van der Waals surface area contributed by atoms with E-state index >= 15 is 0 Å². The summed E-state index contributed by atoms with van der Waals surface area (Å²) < 4.78 is 51.7. The van der Waals surface area contributed by atoms with E-state index in [1.807, 2.05) is 0 Å². The van der Waals surface area contributed by atoms with Crippen LogP contribution in [0.5, 0.6) is 11.5 Å². The average molecular weight is 506 g/mol. The Morgan fingerprint density at radius 1 is 0.970 bits per heavy atom. The Kier molecular flexibility index (Phi) is 8.65. The van der Waals surface area contributed by atoms with E-state index in [1.165, 1.54) is 29.3 Å². The smallest absolute Gasteiger partial charge is 0.272 e. The normalized spacial score (nSPS) is 18.5. The van der Waals surface area contributed by atoms with E-state index in [1.54, 1.807) is 0 Å². The van der Waals surface area contributed by atoms with Crippen molar-refractivity contribution in [3.8, 4) is 11.5 Å². The van der Waals surface area contributed by atoms with Crippen LogP contribution in [0.25, 0.3) is 0 Å². The summed E-state index contributed by atoms with van der Waals surface area (Å²) >= 11 is 11.2. The topological polar surface area (TPSA) is 79.9 Å². The van der Waals surface area contributed by atoms with Crippen molar-refractivity contribution in [2.45, 2.75) is 18.6 Å². The van der Waals surface area contributed by atoms with Crippen molar-refractivity contribution in [1.29, 1.82) is 0 Å². The number of nitrogens with one attached hydrogen (secondary N) is 2. The van der Waals surface area contributed by atoms with Crippen LogP contribution in [-0.4, -0.2) is 55.3 Å². The first-order valence-corrected chi connectivity index (χ1v) is 10.6. The molecule has 2 aromatic rings. The summed E-state index contributed by atoms with van der Waals surface area (Å²) in [4.78, 5) is 24.1. The Morgan fingerprint density at radius 2 is 1.52 bits per heavy atom. The van der Waals surface area contributed by atoms with Gasteiger partial charge in [-0.3, -0.25) is 15.0 Å². The van der Waals surface area contributed by atoms with Crippen LogP contribution in [0.4, 0.5) is 13.2 Å². The van der Waals surface area contributed by atoms with Gasteiger partial charge < -0.3 is 14.8 Å². The van der Waals surface area contributed by atoms with E-state index in [4.69, 9.17) is 32.7 Å². The first-order valence-electron chi connectivity index (χ1n) is 9.85. The molecule has 2 aromatic carbocycles. The van der Waals surface area contributed by atoms with Gasteiger partial charge in [-0.1, -0.05) is 23.2 Å². The second-order valence-corrected chi connectivity index (χ2v) is 8.00. The molecule has 2 unspecified atom stereocenters. The van der Waals surface area contributed by atoms with E-state index in [2.05, 4.69) is 10.7 Å². The van der Waals surface area contributed by atoms with Crippen molar-refractivity contribution in [2.75, 3.05) is 26.3 Å². The molecule has 12 heteroatoms. The molecule has 2 atom stereocenters. The summed E-state index contributed by atoms with van der Waals surface area (Å²) in [6.07, 6.45) is -1.23. The number of nitrogens with zero attached hydrogens (tertiary/aromatic N) is 1. The molecule has 3 rings (SSSR count). The summed E-state index contributed by atoms with van der Waals surface area (Å²) in [5.74, 6) is -2.24. The monoisotopic (exact) mass is 505 g/mol. The SMILES string of the molecule is O=C(COc1ccc(Cl)c(F)c1)NC1CCN(NC(=O)COc2ccc(Cl)c(F)c2)CC1F. The van der Waals surface area contributed by atoms with Crippen LogP contribution in [-0.2, 0) is 9.59 Å². The number of piperidine rings is 1. The Balaban J connectivity index is 1.38. The lowest BCUT2D eigenvalue weighted by Gasteiger charge is -2.34. The molecule has 1 saturated heterocycles. The zero-order valence-corrected chi connectivity index (χ0v) is 18.6. The number of hydrogen-bond acceptors (Lipinski definition) is 5. The maximum Gasteiger partial charge on any atom is 0.272 e. The van der Waals surface area contributed by atoms with Crippen molar-refractivity contribution in [1.82, 2.24) is 15.8 Å². The molecule has 0 bridgehead atoms. The first-order chi connectivity index (χ1) is 15.7. The largest absolute Gasteiger partial charge is 0.484 e. The van der Waals surface area contributed by atoms with Gasteiger partial charge in [0.1, 0.15) is 29.3 Å². The zero-order chi connectivity index (χ0) is 24.0. The van der Waals surface area contributed by atoms with Crippen LogP contribution in [0.15, 0.2) is 36.4 Å². The van der Waals surface area contributed by atoms with Gasteiger partial charge in [0.2, 0.25) is 0 Å². The number of carbonyl (C=O) groups excluding carboxylic acids is 2. The lowest BCUT2D eigenvalue weighted by molar-refractivity contribution is -0.130. The number of benzene rings is 2. The van der Waals surface area contributed by atoms with Gasteiger partial charge in [0, 0.05) is 18.7 Å². The second-order valence-electron chi connectivity index (χ2n) is 7.19. The fraction of sp³-hybridized carbons (Fsp3) is 0.333. The molecule has 2 amide bonds. The fourth-order valence-electron chi connectivity index (χ4n) is 3.06. The minimum Gasteiger partial charge on any atom is -0.484 e. The van der Waals surface area contributed by atoms with Crippen LogP contribution in [0, 0.1) is 11.6 Å². The van der Waals surface area contributed by atoms with Crippen LogP contribution >= 0.6 is 23.2 Å². The van der Waals surface area contributed by atoms with Gasteiger partial charge in [0.25, 0.3) is 11.8 Å². The number of hydrazine groups is 1. The van der Waals surface area contributed by atoms with Gasteiger partial charge in [0.05, 0.1) is 22.6 Å². The number of alkyl halides is 1. The molecule has 0 aliphatic carbocycles. The standard InChI is InChI=1S/C21H20Cl2F3N3O4/c22-14-3-1-12(7-16(14)24)32-10-20(30)27-19-5-6-29(9-18(19)26)28-21(31)11-33-13-2-4-15(23)17(25)8-13/h1-4,7-8,18-19H,5-6,9-11H2,(H,27,30)(H,28,31). The Hall–Kier alpha value is -2.69. The summed E-state index contributed by atoms with van der Waals surface area (Å²) in [5, 5.41) is 3.75. The van der Waals surface area contributed by atoms with Crippen LogP contribution in [0.3, 0.4) is 0 Å². The van der Waals surface area contributed by atoms with Crippen LogP contribution in [0.2, 0.25) is 10.0 Å².